The van der Waals surface area contributed by atoms with E-state index < -0.39 is 11.6 Å². The molecule has 0 unspecified atom stereocenters. The Morgan fingerprint density at radius 3 is 2.50 bits per heavy atom. The molecule has 0 spiro atoms. The SMILES string of the molecule is CN(C(=O)O)[C@]1(C(=O)C2CCN(CC3CC3)CC2)CNC[C@H]1c1ccc(Cl)c(Cl)c1. The number of halogens is 2. The first-order valence-electron chi connectivity index (χ1n) is 10.7. The van der Waals surface area contributed by atoms with Crippen molar-refractivity contribution in [2.75, 3.05) is 39.8 Å². The van der Waals surface area contributed by atoms with Crippen LogP contribution in [0.4, 0.5) is 4.79 Å². The first-order valence-corrected chi connectivity index (χ1v) is 11.5. The van der Waals surface area contributed by atoms with Crippen LogP contribution in [0, 0.1) is 11.8 Å². The maximum absolute atomic E-state index is 13.9. The third-order valence-electron chi connectivity index (χ3n) is 7.15. The number of amides is 1. The zero-order valence-electron chi connectivity index (χ0n) is 17.2. The molecule has 30 heavy (non-hydrogen) atoms. The van der Waals surface area contributed by atoms with Crippen LogP contribution in [0.15, 0.2) is 18.2 Å². The first-order chi connectivity index (χ1) is 14.3. The van der Waals surface area contributed by atoms with Crippen molar-refractivity contribution >= 4 is 35.1 Å². The molecule has 0 radical (unpaired) electrons. The molecule has 0 bridgehead atoms. The fourth-order valence-corrected chi connectivity index (χ4v) is 5.47. The molecule has 0 aromatic heterocycles. The summed E-state index contributed by atoms with van der Waals surface area (Å²) in [5.41, 5.74) is -0.311. The Labute approximate surface area is 187 Å². The quantitative estimate of drug-likeness (QED) is 0.686. The summed E-state index contributed by atoms with van der Waals surface area (Å²) < 4.78 is 0. The van der Waals surface area contributed by atoms with Gasteiger partial charge in [-0.3, -0.25) is 9.69 Å². The van der Waals surface area contributed by atoms with E-state index in [0.29, 0.717) is 23.1 Å². The highest BCUT2D eigenvalue weighted by molar-refractivity contribution is 6.42. The molecule has 2 saturated heterocycles. The van der Waals surface area contributed by atoms with Crippen molar-refractivity contribution < 1.29 is 14.7 Å². The minimum Gasteiger partial charge on any atom is -0.465 e. The van der Waals surface area contributed by atoms with E-state index in [0.717, 1.165) is 44.0 Å². The Kier molecular flexibility index (Phi) is 6.31. The fourth-order valence-electron chi connectivity index (χ4n) is 5.17. The lowest BCUT2D eigenvalue weighted by molar-refractivity contribution is -0.135. The minimum atomic E-state index is -1.15. The highest BCUT2D eigenvalue weighted by atomic mass is 35.5. The van der Waals surface area contributed by atoms with Gasteiger partial charge in [0.1, 0.15) is 5.54 Å². The highest BCUT2D eigenvalue weighted by Crippen LogP contribution is 2.42. The number of carbonyl (C=O) groups excluding carboxylic acids is 1. The molecule has 8 heteroatoms. The highest BCUT2D eigenvalue weighted by Gasteiger charge is 2.56. The number of carbonyl (C=O) groups is 2. The van der Waals surface area contributed by atoms with Gasteiger partial charge in [0.15, 0.2) is 5.78 Å². The van der Waals surface area contributed by atoms with Gasteiger partial charge in [-0.1, -0.05) is 29.3 Å². The molecule has 2 N–H and O–H groups in total. The van der Waals surface area contributed by atoms with Gasteiger partial charge in [0, 0.05) is 38.5 Å². The summed E-state index contributed by atoms with van der Waals surface area (Å²) in [4.78, 5) is 29.6. The van der Waals surface area contributed by atoms with Crippen molar-refractivity contribution in [3.63, 3.8) is 0 Å². The van der Waals surface area contributed by atoms with Gasteiger partial charge in [-0.15, -0.1) is 0 Å². The number of carboxylic acid groups (broad SMARTS) is 1. The molecular weight excluding hydrogens is 425 g/mol. The van der Waals surface area contributed by atoms with Gasteiger partial charge in [-0.25, -0.2) is 4.79 Å². The van der Waals surface area contributed by atoms with E-state index in [1.807, 2.05) is 6.07 Å². The van der Waals surface area contributed by atoms with Crippen molar-refractivity contribution in [2.45, 2.75) is 37.1 Å². The van der Waals surface area contributed by atoms with Crippen LogP contribution in [-0.2, 0) is 4.79 Å². The van der Waals surface area contributed by atoms with Gasteiger partial charge in [0.05, 0.1) is 10.0 Å². The van der Waals surface area contributed by atoms with E-state index in [9.17, 15) is 14.7 Å². The van der Waals surface area contributed by atoms with Crippen LogP contribution >= 0.6 is 23.2 Å². The molecule has 1 aromatic rings. The Morgan fingerprint density at radius 2 is 1.90 bits per heavy atom. The second kappa shape index (κ2) is 8.65. The molecule has 1 amide bonds. The van der Waals surface area contributed by atoms with Crippen LogP contribution in [0.25, 0.3) is 0 Å². The molecule has 2 atom stereocenters. The smallest absolute Gasteiger partial charge is 0.407 e. The van der Waals surface area contributed by atoms with Crippen LogP contribution in [0.1, 0.15) is 37.2 Å². The monoisotopic (exact) mass is 453 g/mol. The van der Waals surface area contributed by atoms with E-state index in [1.54, 1.807) is 12.1 Å². The number of likely N-dealkylation sites (tertiary alicyclic amines) is 1. The molecule has 4 rings (SSSR count). The Hall–Kier alpha value is -1.34. The maximum atomic E-state index is 13.9. The number of hydrogen-bond donors (Lipinski definition) is 2. The normalized spacial score (nSPS) is 27.9. The number of likely N-dealkylation sites (N-methyl/N-ethyl adjacent to an activating group) is 1. The van der Waals surface area contributed by atoms with Crippen molar-refractivity contribution in [2.24, 2.45) is 11.8 Å². The van der Waals surface area contributed by atoms with Gasteiger partial charge in [-0.05, 0) is 62.4 Å². The molecule has 1 saturated carbocycles. The number of Topliss-reactive ketones (excluding diaryl/α,β-unsaturated/α-hetero) is 1. The first kappa shape index (κ1) is 21.9. The molecule has 2 heterocycles. The molecular formula is C22H29Cl2N3O3. The van der Waals surface area contributed by atoms with Crippen molar-refractivity contribution in [3.05, 3.63) is 33.8 Å². The van der Waals surface area contributed by atoms with Crippen LogP contribution in [0.3, 0.4) is 0 Å². The molecule has 164 valence electrons. The summed E-state index contributed by atoms with van der Waals surface area (Å²) >= 11 is 12.3. The Bertz CT molecular complexity index is 824. The van der Waals surface area contributed by atoms with Crippen LogP contribution in [0.5, 0.6) is 0 Å². The number of nitrogens with one attached hydrogen (secondary N) is 1. The van der Waals surface area contributed by atoms with Crippen LogP contribution in [0.2, 0.25) is 10.0 Å². The Morgan fingerprint density at radius 1 is 1.20 bits per heavy atom. The van der Waals surface area contributed by atoms with Gasteiger partial charge in [-0.2, -0.15) is 0 Å². The number of ketones is 1. The predicted octanol–water partition coefficient (Wildman–Crippen LogP) is 3.72. The summed E-state index contributed by atoms with van der Waals surface area (Å²) in [5, 5.41) is 14.0. The van der Waals surface area contributed by atoms with Gasteiger partial charge < -0.3 is 15.3 Å². The minimum absolute atomic E-state index is 0.0274. The average molecular weight is 454 g/mol. The van der Waals surface area contributed by atoms with E-state index in [2.05, 4.69) is 10.2 Å². The molecule has 6 nitrogen and oxygen atoms in total. The number of hydrogen-bond acceptors (Lipinski definition) is 4. The second-order valence-electron chi connectivity index (χ2n) is 9.01. The van der Waals surface area contributed by atoms with Crippen molar-refractivity contribution in [1.82, 2.24) is 15.1 Å². The largest absolute Gasteiger partial charge is 0.465 e. The van der Waals surface area contributed by atoms with Crippen molar-refractivity contribution in [1.29, 1.82) is 0 Å². The third-order valence-corrected chi connectivity index (χ3v) is 7.89. The van der Waals surface area contributed by atoms with Gasteiger partial charge >= 0.3 is 6.09 Å². The second-order valence-corrected chi connectivity index (χ2v) is 9.82. The lowest BCUT2D eigenvalue weighted by Gasteiger charge is -2.43. The molecule has 3 aliphatic rings. The number of nitrogens with zero attached hydrogens (tertiary/aromatic N) is 2. The molecule has 1 aromatic carbocycles. The molecule has 3 fully saturated rings. The van der Waals surface area contributed by atoms with Crippen LogP contribution in [-0.4, -0.2) is 72.1 Å². The van der Waals surface area contributed by atoms with Crippen molar-refractivity contribution in [3.8, 4) is 0 Å². The lowest BCUT2D eigenvalue weighted by Crippen LogP contribution is -2.61. The maximum Gasteiger partial charge on any atom is 0.407 e. The fraction of sp³-hybridized carbons (Fsp3) is 0.636. The molecule has 2 aliphatic heterocycles. The zero-order valence-corrected chi connectivity index (χ0v) is 18.8. The molecule has 1 aliphatic carbocycles. The van der Waals surface area contributed by atoms with Gasteiger partial charge in [0.2, 0.25) is 0 Å². The van der Waals surface area contributed by atoms with E-state index in [-0.39, 0.29) is 17.6 Å². The zero-order chi connectivity index (χ0) is 21.5. The summed E-state index contributed by atoms with van der Waals surface area (Å²) in [6.45, 7) is 3.77. The number of piperidine rings is 1. The van der Waals surface area contributed by atoms with E-state index >= 15 is 0 Å². The summed E-state index contributed by atoms with van der Waals surface area (Å²) in [6, 6.07) is 5.32. The lowest BCUT2D eigenvalue weighted by atomic mass is 9.72. The number of rotatable bonds is 6. The average Bonchev–Trinajstić information content (AvgIpc) is 3.44. The van der Waals surface area contributed by atoms with Gasteiger partial charge in [0.25, 0.3) is 0 Å². The van der Waals surface area contributed by atoms with Crippen LogP contribution < -0.4 is 5.32 Å². The van der Waals surface area contributed by atoms with E-state index in [1.165, 1.54) is 24.8 Å². The van der Waals surface area contributed by atoms with E-state index in [4.69, 9.17) is 23.2 Å². The summed E-state index contributed by atoms with van der Waals surface area (Å²) in [5.74, 6) is 0.414. The standard InChI is InChI=1S/C22H29Cl2N3O3/c1-26(21(29)30)22(13-25-11-17(22)16-4-5-18(23)19(24)10-16)20(28)15-6-8-27(9-7-15)12-14-2-3-14/h4-5,10,14-15,17,25H,2-3,6-9,11-13H2,1H3,(H,29,30)/t17-,22+/m0/s1. The Balaban J connectivity index is 1.60. The summed E-state index contributed by atoms with van der Waals surface area (Å²) in [7, 11) is 1.51. The third kappa shape index (κ3) is 4.07. The number of benzene rings is 1. The topological polar surface area (TPSA) is 72.9 Å². The summed E-state index contributed by atoms with van der Waals surface area (Å²) in [6.07, 6.45) is 3.12. The predicted molar refractivity (Wildman–Crippen MR) is 117 cm³/mol.